The molecule has 0 aliphatic carbocycles. The fraction of sp³-hybridized carbons (Fsp3) is 0.308. The van der Waals surface area contributed by atoms with Gasteiger partial charge in [0.2, 0.25) is 11.3 Å². The molecule has 0 radical (unpaired) electrons. The molecule has 0 spiro atoms. The molecular weight excluding hydrogens is 402 g/mol. The van der Waals surface area contributed by atoms with Crippen molar-refractivity contribution < 1.29 is 9.53 Å². The first-order chi connectivity index (χ1) is 15.6. The minimum Gasteiger partial charge on any atom is -0.491 e. The largest absolute Gasteiger partial charge is 0.491 e. The van der Waals surface area contributed by atoms with Crippen LogP contribution in [0.1, 0.15) is 22.9 Å². The Kier molecular flexibility index (Phi) is 6.71. The summed E-state index contributed by atoms with van der Waals surface area (Å²) < 4.78 is 6.91. The van der Waals surface area contributed by atoms with E-state index in [2.05, 4.69) is 53.4 Å². The summed E-state index contributed by atoms with van der Waals surface area (Å²) in [7, 11) is 1.47. The lowest BCUT2D eigenvalue weighted by atomic mass is 9.96. The number of benzene rings is 2. The van der Waals surface area contributed by atoms with Gasteiger partial charge >= 0.3 is 0 Å². The molecule has 1 saturated heterocycles. The Balaban J connectivity index is 1.46. The maximum absolute atomic E-state index is 13.0. The molecule has 1 amide bonds. The molecule has 2 aromatic carbocycles. The van der Waals surface area contributed by atoms with Crippen molar-refractivity contribution in [2.45, 2.75) is 19.5 Å². The van der Waals surface area contributed by atoms with Gasteiger partial charge in [-0.2, -0.15) is 0 Å². The van der Waals surface area contributed by atoms with Gasteiger partial charge in [-0.05, 0) is 18.1 Å². The highest BCUT2D eigenvalue weighted by atomic mass is 16.5. The average molecular weight is 432 g/mol. The first kappa shape index (κ1) is 21.8. The van der Waals surface area contributed by atoms with Gasteiger partial charge in [0, 0.05) is 37.9 Å². The first-order valence-electron chi connectivity index (χ1n) is 10.9. The number of nitrogens with zero attached hydrogens (tertiary/aromatic N) is 3. The van der Waals surface area contributed by atoms with Crippen molar-refractivity contribution in [1.82, 2.24) is 14.4 Å². The van der Waals surface area contributed by atoms with Crippen LogP contribution in [0.25, 0.3) is 0 Å². The number of aryl methyl sites for hydroxylation is 1. The summed E-state index contributed by atoms with van der Waals surface area (Å²) in [6, 6.07) is 22.7. The summed E-state index contributed by atoms with van der Waals surface area (Å²) in [6.07, 6.45) is 1.62. The Morgan fingerprint density at radius 1 is 0.938 bits per heavy atom. The lowest BCUT2D eigenvalue weighted by Crippen LogP contribution is -2.50. The molecular formula is C26H29N3O3. The minimum atomic E-state index is -0.171. The molecule has 32 heavy (non-hydrogen) atoms. The van der Waals surface area contributed by atoms with Crippen LogP contribution in [-0.2, 0) is 11.3 Å². The summed E-state index contributed by atoms with van der Waals surface area (Å²) in [4.78, 5) is 29.3. The molecule has 0 bridgehead atoms. The lowest BCUT2D eigenvalue weighted by molar-refractivity contribution is -0.133. The van der Waals surface area contributed by atoms with Crippen LogP contribution >= 0.6 is 0 Å². The van der Waals surface area contributed by atoms with Crippen molar-refractivity contribution in [3.63, 3.8) is 0 Å². The summed E-state index contributed by atoms with van der Waals surface area (Å²) in [6.45, 7) is 4.97. The predicted molar refractivity (Wildman–Crippen MR) is 125 cm³/mol. The third-order valence-corrected chi connectivity index (χ3v) is 6.10. The van der Waals surface area contributed by atoms with Crippen LogP contribution in [-0.4, -0.2) is 53.6 Å². The lowest BCUT2D eigenvalue weighted by Gasteiger charge is -2.40. The fourth-order valence-electron chi connectivity index (χ4n) is 4.33. The van der Waals surface area contributed by atoms with E-state index in [1.54, 1.807) is 10.8 Å². The highest BCUT2D eigenvalue weighted by molar-refractivity contribution is 5.76. The van der Waals surface area contributed by atoms with Crippen LogP contribution in [0, 0.1) is 6.92 Å². The highest BCUT2D eigenvalue weighted by Crippen LogP contribution is 2.29. The molecule has 0 N–H and O–H groups in total. The number of hydrogen-bond acceptors (Lipinski definition) is 4. The molecule has 1 aromatic heterocycles. The number of carbonyl (C=O) groups excluding carboxylic acids is 1. The Hall–Kier alpha value is -3.38. The molecule has 2 heterocycles. The van der Waals surface area contributed by atoms with Crippen molar-refractivity contribution in [1.29, 1.82) is 0 Å². The van der Waals surface area contributed by atoms with Gasteiger partial charge in [-0.15, -0.1) is 0 Å². The van der Waals surface area contributed by atoms with Gasteiger partial charge in [-0.1, -0.05) is 60.7 Å². The zero-order valence-corrected chi connectivity index (χ0v) is 18.6. The normalized spacial score (nSPS) is 14.5. The standard InChI is InChI=1S/C26H29N3O3/c1-20-17-23(30)24(32-2)18-29(20)19-25(31)27-13-15-28(16-14-27)26(21-9-5-3-6-10-21)22-11-7-4-8-12-22/h3-12,17-18,26H,13-16,19H2,1-2H3. The molecule has 1 fully saturated rings. The average Bonchev–Trinajstić information content (AvgIpc) is 2.83. The van der Waals surface area contributed by atoms with E-state index in [0.717, 1.165) is 18.8 Å². The van der Waals surface area contributed by atoms with Crippen LogP contribution in [0.4, 0.5) is 0 Å². The van der Waals surface area contributed by atoms with Gasteiger partial charge in [0.1, 0.15) is 6.54 Å². The Morgan fingerprint density at radius 2 is 1.50 bits per heavy atom. The number of ether oxygens (including phenoxy) is 1. The van der Waals surface area contributed by atoms with Crippen molar-refractivity contribution in [2.75, 3.05) is 33.3 Å². The quantitative estimate of drug-likeness (QED) is 0.602. The smallest absolute Gasteiger partial charge is 0.242 e. The molecule has 6 nitrogen and oxygen atoms in total. The van der Waals surface area contributed by atoms with E-state index in [9.17, 15) is 9.59 Å². The first-order valence-corrected chi connectivity index (χ1v) is 10.9. The van der Waals surface area contributed by atoms with Crippen molar-refractivity contribution in [3.8, 4) is 5.75 Å². The van der Waals surface area contributed by atoms with E-state index < -0.39 is 0 Å². The van der Waals surface area contributed by atoms with Gasteiger partial charge in [-0.3, -0.25) is 14.5 Å². The maximum atomic E-state index is 13.0. The van der Waals surface area contributed by atoms with Crippen LogP contribution in [0.15, 0.2) is 77.7 Å². The third-order valence-electron chi connectivity index (χ3n) is 6.10. The SMILES string of the molecule is COc1cn(CC(=O)N2CCN(C(c3ccccc3)c3ccccc3)CC2)c(C)cc1=O. The molecule has 6 heteroatoms. The van der Waals surface area contributed by atoms with Crippen LogP contribution in [0.5, 0.6) is 5.75 Å². The number of methoxy groups -OCH3 is 1. The number of amides is 1. The zero-order chi connectivity index (χ0) is 22.5. The molecule has 1 aliphatic heterocycles. The van der Waals surface area contributed by atoms with E-state index in [-0.39, 0.29) is 29.7 Å². The number of aromatic nitrogens is 1. The maximum Gasteiger partial charge on any atom is 0.242 e. The molecule has 166 valence electrons. The van der Waals surface area contributed by atoms with Crippen molar-refractivity contribution >= 4 is 5.91 Å². The van der Waals surface area contributed by atoms with Gasteiger partial charge in [0.05, 0.1) is 19.3 Å². The monoisotopic (exact) mass is 431 g/mol. The zero-order valence-electron chi connectivity index (χ0n) is 18.6. The number of carbonyl (C=O) groups is 1. The third kappa shape index (κ3) is 4.75. The molecule has 1 aliphatic rings. The van der Waals surface area contributed by atoms with E-state index in [4.69, 9.17) is 4.74 Å². The second-order valence-electron chi connectivity index (χ2n) is 8.12. The molecule has 3 aromatic rings. The fourth-order valence-corrected chi connectivity index (χ4v) is 4.33. The van der Waals surface area contributed by atoms with Crippen LogP contribution < -0.4 is 10.2 Å². The summed E-state index contributed by atoms with van der Waals surface area (Å²) >= 11 is 0. The topological polar surface area (TPSA) is 54.8 Å². The van der Waals surface area contributed by atoms with E-state index in [1.165, 1.54) is 24.3 Å². The Morgan fingerprint density at radius 3 is 2.03 bits per heavy atom. The van der Waals surface area contributed by atoms with Crippen LogP contribution in [0.3, 0.4) is 0 Å². The Bertz CT molecular complexity index is 1060. The van der Waals surface area contributed by atoms with E-state index >= 15 is 0 Å². The minimum absolute atomic E-state index is 0.0504. The number of hydrogen-bond donors (Lipinski definition) is 0. The number of rotatable bonds is 6. The van der Waals surface area contributed by atoms with Crippen molar-refractivity contribution in [2.24, 2.45) is 0 Å². The second kappa shape index (κ2) is 9.83. The Labute approximate surface area is 188 Å². The van der Waals surface area contributed by atoms with Gasteiger partial charge < -0.3 is 14.2 Å². The number of pyridine rings is 1. The van der Waals surface area contributed by atoms with E-state index in [0.29, 0.717) is 13.1 Å². The second-order valence-corrected chi connectivity index (χ2v) is 8.12. The predicted octanol–water partition coefficient (Wildman–Crippen LogP) is 3.10. The summed E-state index contributed by atoms with van der Waals surface area (Å²) in [5, 5.41) is 0. The highest BCUT2D eigenvalue weighted by Gasteiger charge is 2.28. The molecule has 0 saturated carbocycles. The summed E-state index contributed by atoms with van der Waals surface area (Å²) in [5.41, 5.74) is 3.09. The molecule has 0 unspecified atom stereocenters. The number of piperazine rings is 1. The summed E-state index contributed by atoms with van der Waals surface area (Å²) in [5.74, 6) is 0.302. The van der Waals surface area contributed by atoms with Gasteiger partial charge in [0.25, 0.3) is 0 Å². The molecule has 4 rings (SSSR count). The molecule has 0 atom stereocenters. The van der Waals surface area contributed by atoms with Gasteiger partial charge in [0.15, 0.2) is 5.75 Å². The van der Waals surface area contributed by atoms with Gasteiger partial charge in [-0.25, -0.2) is 0 Å². The van der Waals surface area contributed by atoms with Crippen molar-refractivity contribution in [3.05, 3.63) is 100.0 Å². The van der Waals surface area contributed by atoms with Crippen LogP contribution in [0.2, 0.25) is 0 Å². The van der Waals surface area contributed by atoms with E-state index in [1.807, 2.05) is 24.0 Å².